The summed E-state index contributed by atoms with van der Waals surface area (Å²) in [5.74, 6) is 0.861. The molecule has 2 amide bonds. The molecule has 0 spiro atoms. The number of fused-ring (bicyclic) bond motifs is 1. The molecule has 27 heavy (non-hydrogen) atoms. The van der Waals surface area contributed by atoms with Gasteiger partial charge in [-0.2, -0.15) is 0 Å². The van der Waals surface area contributed by atoms with Crippen LogP contribution < -0.4 is 9.64 Å². The number of carbonyl (C=O) groups is 2. The lowest BCUT2D eigenvalue weighted by Crippen LogP contribution is -2.31. The van der Waals surface area contributed by atoms with Gasteiger partial charge in [-0.25, -0.2) is 0 Å². The van der Waals surface area contributed by atoms with Crippen LogP contribution in [0.2, 0.25) is 0 Å². The number of anilines is 1. The molecule has 0 atom stereocenters. The number of ether oxygens (including phenoxy) is 1. The summed E-state index contributed by atoms with van der Waals surface area (Å²) in [6, 6.07) is 8.01. The van der Waals surface area contributed by atoms with Crippen LogP contribution in [0.1, 0.15) is 25.3 Å². The average Bonchev–Trinajstić information content (AvgIpc) is 2.70. The highest BCUT2D eigenvalue weighted by Crippen LogP contribution is 2.37. The minimum atomic E-state index is 0.0918. The maximum absolute atomic E-state index is 12.1. The van der Waals surface area contributed by atoms with Gasteiger partial charge in [-0.1, -0.05) is 25.1 Å². The van der Waals surface area contributed by atoms with Gasteiger partial charge in [0.25, 0.3) is 0 Å². The number of rotatable bonds is 6. The Morgan fingerprint density at radius 3 is 2.89 bits per heavy atom. The zero-order valence-electron chi connectivity index (χ0n) is 16.1. The standard InChI is InChI=1S/C21H25N3O3/c1-4-19(25)23(2)10-11-27-17-12-16(13-22-14-17)18-7-5-6-15-8-9-20(26)24(3)21(15)18/h5-7,12-14H,4,8-11H2,1-3H3. The lowest BCUT2D eigenvalue weighted by atomic mass is 9.94. The maximum atomic E-state index is 12.1. The summed E-state index contributed by atoms with van der Waals surface area (Å²) in [7, 11) is 3.59. The smallest absolute Gasteiger partial charge is 0.227 e. The summed E-state index contributed by atoms with van der Waals surface area (Å²) in [4.78, 5) is 31.4. The summed E-state index contributed by atoms with van der Waals surface area (Å²) in [5.41, 5.74) is 3.99. The molecule has 0 N–H and O–H groups in total. The summed E-state index contributed by atoms with van der Waals surface area (Å²) in [6.45, 7) is 2.77. The molecule has 0 unspecified atom stereocenters. The second kappa shape index (κ2) is 8.20. The van der Waals surface area contributed by atoms with E-state index in [-0.39, 0.29) is 11.8 Å². The lowest BCUT2D eigenvalue weighted by molar-refractivity contribution is -0.129. The number of amides is 2. The van der Waals surface area contributed by atoms with Crippen molar-refractivity contribution in [3.8, 4) is 16.9 Å². The van der Waals surface area contributed by atoms with Gasteiger partial charge in [-0.05, 0) is 18.1 Å². The summed E-state index contributed by atoms with van der Waals surface area (Å²) >= 11 is 0. The van der Waals surface area contributed by atoms with Crippen LogP contribution in [0.3, 0.4) is 0 Å². The molecule has 1 aromatic carbocycles. The Balaban J connectivity index is 1.79. The predicted octanol–water partition coefficient (Wildman–Crippen LogP) is 2.90. The molecule has 1 aromatic heterocycles. The molecule has 0 radical (unpaired) electrons. The van der Waals surface area contributed by atoms with Crippen LogP contribution in [-0.2, 0) is 16.0 Å². The number of pyridine rings is 1. The van der Waals surface area contributed by atoms with Crippen molar-refractivity contribution < 1.29 is 14.3 Å². The molecule has 1 aliphatic heterocycles. The molecular formula is C21H25N3O3. The Morgan fingerprint density at radius 2 is 2.11 bits per heavy atom. The normalized spacial score (nSPS) is 13.3. The van der Waals surface area contributed by atoms with Crippen molar-refractivity contribution in [2.24, 2.45) is 0 Å². The molecule has 2 aromatic rings. The van der Waals surface area contributed by atoms with Gasteiger partial charge in [0.15, 0.2) is 0 Å². The van der Waals surface area contributed by atoms with Gasteiger partial charge >= 0.3 is 0 Å². The van der Waals surface area contributed by atoms with Gasteiger partial charge in [0.05, 0.1) is 18.4 Å². The summed E-state index contributed by atoms with van der Waals surface area (Å²) in [5, 5.41) is 0. The predicted molar refractivity (Wildman–Crippen MR) is 105 cm³/mol. The van der Waals surface area contributed by atoms with Crippen molar-refractivity contribution in [3.05, 3.63) is 42.2 Å². The summed E-state index contributed by atoms with van der Waals surface area (Å²) < 4.78 is 5.79. The molecule has 0 saturated carbocycles. The van der Waals surface area contributed by atoms with Crippen molar-refractivity contribution in [3.63, 3.8) is 0 Å². The van der Waals surface area contributed by atoms with E-state index in [2.05, 4.69) is 11.1 Å². The van der Waals surface area contributed by atoms with Crippen molar-refractivity contribution in [1.29, 1.82) is 0 Å². The van der Waals surface area contributed by atoms with Crippen LogP contribution >= 0.6 is 0 Å². The molecule has 0 bridgehead atoms. The maximum Gasteiger partial charge on any atom is 0.227 e. The highest BCUT2D eigenvalue weighted by Gasteiger charge is 2.24. The number of nitrogens with zero attached hydrogens (tertiary/aromatic N) is 3. The second-order valence-electron chi connectivity index (χ2n) is 6.69. The topological polar surface area (TPSA) is 62.7 Å². The Labute approximate surface area is 159 Å². The van der Waals surface area contributed by atoms with Crippen LogP contribution in [0.15, 0.2) is 36.7 Å². The molecule has 2 heterocycles. The molecule has 3 rings (SSSR count). The number of aromatic nitrogens is 1. The van der Waals surface area contributed by atoms with Crippen molar-refractivity contribution in [2.45, 2.75) is 26.2 Å². The minimum absolute atomic E-state index is 0.0918. The van der Waals surface area contributed by atoms with Gasteiger partial charge in [-0.15, -0.1) is 0 Å². The van der Waals surface area contributed by atoms with Crippen LogP contribution in [0, 0.1) is 0 Å². The van der Waals surface area contributed by atoms with Gasteiger partial charge < -0.3 is 14.5 Å². The van der Waals surface area contributed by atoms with Crippen LogP contribution in [-0.4, -0.2) is 48.9 Å². The van der Waals surface area contributed by atoms with Crippen molar-refractivity contribution in [1.82, 2.24) is 9.88 Å². The number of hydrogen-bond donors (Lipinski definition) is 0. The van der Waals surface area contributed by atoms with E-state index in [9.17, 15) is 9.59 Å². The van der Waals surface area contributed by atoms with E-state index in [4.69, 9.17) is 4.74 Å². The Morgan fingerprint density at radius 1 is 1.30 bits per heavy atom. The SMILES string of the molecule is CCC(=O)N(C)CCOc1cncc(-c2cccc3c2N(C)C(=O)CC3)c1. The van der Waals surface area contributed by atoms with Gasteiger partial charge in [0, 0.05) is 44.3 Å². The fraction of sp³-hybridized carbons (Fsp3) is 0.381. The first-order chi connectivity index (χ1) is 13.0. The molecule has 0 fully saturated rings. The van der Waals surface area contributed by atoms with Gasteiger partial charge in [-0.3, -0.25) is 14.6 Å². The molecule has 0 saturated heterocycles. The third-order valence-corrected chi connectivity index (χ3v) is 4.89. The van der Waals surface area contributed by atoms with Gasteiger partial charge in [0.1, 0.15) is 12.4 Å². The van der Waals surface area contributed by atoms with E-state index in [1.54, 1.807) is 29.2 Å². The first-order valence-electron chi connectivity index (χ1n) is 9.22. The Bertz CT molecular complexity index is 850. The largest absolute Gasteiger partial charge is 0.490 e. The third-order valence-electron chi connectivity index (χ3n) is 4.89. The highest BCUT2D eigenvalue weighted by atomic mass is 16.5. The summed E-state index contributed by atoms with van der Waals surface area (Å²) in [6.07, 6.45) is 5.22. The fourth-order valence-corrected chi connectivity index (χ4v) is 3.30. The zero-order valence-corrected chi connectivity index (χ0v) is 16.1. The first kappa shape index (κ1) is 18.9. The quantitative estimate of drug-likeness (QED) is 0.788. The zero-order chi connectivity index (χ0) is 19.4. The van der Waals surface area contributed by atoms with E-state index >= 15 is 0 Å². The third kappa shape index (κ3) is 4.10. The van der Waals surface area contributed by atoms with Crippen LogP contribution in [0.25, 0.3) is 11.1 Å². The highest BCUT2D eigenvalue weighted by molar-refractivity contribution is 6.00. The molecular weight excluding hydrogens is 342 g/mol. The molecule has 142 valence electrons. The number of aryl methyl sites for hydroxylation is 1. The van der Waals surface area contributed by atoms with E-state index < -0.39 is 0 Å². The molecule has 0 aliphatic carbocycles. The van der Waals surface area contributed by atoms with E-state index in [1.165, 1.54) is 5.56 Å². The number of carbonyl (C=O) groups excluding carboxylic acids is 2. The van der Waals surface area contributed by atoms with Crippen LogP contribution in [0.5, 0.6) is 5.75 Å². The average molecular weight is 367 g/mol. The van der Waals surface area contributed by atoms with E-state index in [1.807, 2.05) is 32.2 Å². The lowest BCUT2D eigenvalue weighted by Gasteiger charge is -2.28. The Kier molecular flexibility index (Phi) is 5.74. The van der Waals surface area contributed by atoms with E-state index in [0.717, 1.165) is 23.2 Å². The van der Waals surface area contributed by atoms with E-state index in [0.29, 0.717) is 31.7 Å². The second-order valence-corrected chi connectivity index (χ2v) is 6.69. The fourth-order valence-electron chi connectivity index (χ4n) is 3.30. The first-order valence-corrected chi connectivity index (χ1v) is 9.22. The van der Waals surface area contributed by atoms with Crippen molar-refractivity contribution in [2.75, 3.05) is 32.1 Å². The Hall–Kier alpha value is -2.89. The molecule has 6 heteroatoms. The van der Waals surface area contributed by atoms with Gasteiger partial charge in [0.2, 0.25) is 11.8 Å². The monoisotopic (exact) mass is 367 g/mol. The minimum Gasteiger partial charge on any atom is -0.490 e. The number of benzene rings is 1. The van der Waals surface area contributed by atoms with Crippen LogP contribution in [0.4, 0.5) is 5.69 Å². The number of para-hydroxylation sites is 1. The molecule has 1 aliphatic rings. The number of hydrogen-bond acceptors (Lipinski definition) is 4. The molecule has 6 nitrogen and oxygen atoms in total. The number of likely N-dealkylation sites (N-methyl/N-ethyl adjacent to an activating group) is 1. The van der Waals surface area contributed by atoms with Crippen molar-refractivity contribution >= 4 is 17.5 Å².